The van der Waals surface area contributed by atoms with Crippen LogP contribution in [0.3, 0.4) is 0 Å². The average Bonchev–Trinajstić information content (AvgIpc) is 3.00. The number of aliphatic hydroxyl groups is 1. The van der Waals surface area contributed by atoms with Gasteiger partial charge in [0.25, 0.3) is 5.91 Å². The summed E-state index contributed by atoms with van der Waals surface area (Å²) >= 11 is 0. The lowest BCUT2D eigenvalue weighted by Gasteiger charge is -2.15. The Bertz CT molecular complexity index is 373. The van der Waals surface area contributed by atoms with Crippen molar-refractivity contribution in [3.63, 3.8) is 0 Å². The lowest BCUT2D eigenvalue weighted by Crippen LogP contribution is -2.37. The number of rotatable bonds is 5. The van der Waals surface area contributed by atoms with E-state index in [1.165, 1.54) is 0 Å². The molecular formula is C10H15N3O3. The van der Waals surface area contributed by atoms with Crippen molar-refractivity contribution in [3.8, 4) is 0 Å². The maximum Gasteiger partial charge on any atom is 0.275 e. The molecule has 1 atom stereocenters. The zero-order chi connectivity index (χ0) is 11.5. The summed E-state index contributed by atoms with van der Waals surface area (Å²) in [6.07, 6.45) is 2.81. The first kappa shape index (κ1) is 11.1. The van der Waals surface area contributed by atoms with E-state index in [0.717, 1.165) is 12.8 Å². The van der Waals surface area contributed by atoms with Crippen LogP contribution in [0.4, 0.5) is 0 Å². The summed E-state index contributed by atoms with van der Waals surface area (Å²) in [5.74, 6) is 0.223. The van der Waals surface area contributed by atoms with Crippen molar-refractivity contribution in [2.24, 2.45) is 5.92 Å². The number of hydrogen-bond donors (Lipinski definition) is 2. The number of aryl methyl sites for hydroxylation is 1. The van der Waals surface area contributed by atoms with Gasteiger partial charge in [-0.15, -0.1) is 0 Å². The molecule has 2 rings (SSSR count). The first-order chi connectivity index (χ1) is 7.72. The molecule has 6 heteroatoms. The highest BCUT2D eigenvalue weighted by atomic mass is 16.6. The van der Waals surface area contributed by atoms with Crippen molar-refractivity contribution in [1.29, 1.82) is 0 Å². The quantitative estimate of drug-likeness (QED) is 0.750. The summed E-state index contributed by atoms with van der Waals surface area (Å²) in [6.45, 7) is 1.75. The largest absolute Gasteiger partial charge is 0.396 e. The Kier molecular flexibility index (Phi) is 3.19. The summed E-state index contributed by atoms with van der Waals surface area (Å²) in [7, 11) is 0. The highest BCUT2D eigenvalue weighted by Gasteiger charge is 2.32. The van der Waals surface area contributed by atoms with Crippen molar-refractivity contribution in [1.82, 2.24) is 15.6 Å². The van der Waals surface area contributed by atoms with Gasteiger partial charge in [-0.25, -0.2) is 4.63 Å². The van der Waals surface area contributed by atoms with E-state index in [1.54, 1.807) is 6.92 Å². The molecule has 1 heterocycles. The zero-order valence-corrected chi connectivity index (χ0v) is 9.14. The van der Waals surface area contributed by atoms with Crippen LogP contribution in [-0.4, -0.2) is 34.0 Å². The number of amides is 1. The van der Waals surface area contributed by atoms with Crippen molar-refractivity contribution in [3.05, 3.63) is 11.4 Å². The minimum atomic E-state index is -0.274. The third-order valence-electron chi connectivity index (χ3n) is 2.82. The number of nitrogens with zero attached hydrogens (tertiary/aromatic N) is 2. The lowest BCUT2D eigenvalue weighted by atomic mass is 10.1. The van der Waals surface area contributed by atoms with Crippen molar-refractivity contribution < 1.29 is 14.5 Å². The molecule has 1 aliphatic rings. The van der Waals surface area contributed by atoms with E-state index in [0.29, 0.717) is 18.0 Å². The highest BCUT2D eigenvalue weighted by molar-refractivity contribution is 5.93. The van der Waals surface area contributed by atoms with E-state index in [4.69, 9.17) is 5.11 Å². The van der Waals surface area contributed by atoms with Gasteiger partial charge in [0.2, 0.25) is 0 Å². The molecule has 1 aromatic heterocycles. The molecule has 1 aromatic rings. The fourth-order valence-corrected chi connectivity index (χ4v) is 1.74. The Morgan fingerprint density at radius 3 is 2.88 bits per heavy atom. The monoisotopic (exact) mass is 225 g/mol. The van der Waals surface area contributed by atoms with E-state index in [1.807, 2.05) is 0 Å². The Hall–Kier alpha value is -1.43. The Labute approximate surface area is 93.0 Å². The highest BCUT2D eigenvalue weighted by Crippen LogP contribution is 2.34. The van der Waals surface area contributed by atoms with E-state index in [-0.39, 0.29) is 24.2 Å². The maximum atomic E-state index is 11.8. The van der Waals surface area contributed by atoms with Gasteiger partial charge in [0.1, 0.15) is 5.69 Å². The van der Waals surface area contributed by atoms with Crippen molar-refractivity contribution in [2.75, 3.05) is 6.61 Å². The molecule has 0 aromatic carbocycles. The predicted molar refractivity (Wildman–Crippen MR) is 54.7 cm³/mol. The van der Waals surface area contributed by atoms with Crippen LogP contribution in [0.5, 0.6) is 0 Å². The second-order valence-electron chi connectivity index (χ2n) is 4.13. The van der Waals surface area contributed by atoms with Gasteiger partial charge in [-0.2, -0.15) is 0 Å². The fourth-order valence-electron chi connectivity index (χ4n) is 1.74. The number of nitrogens with one attached hydrogen (secondary N) is 1. The molecule has 88 valence electrons. The molecule has 1 unspecified atom stereocenters. The number of hydrogen-bond acceptors (Lipinski definition) is 5. The molecular weight excluding hydrogens is 210 g/mol. The van der Waals surface area contributed by atoms with Crippen LogP contribution in [0.15, 0.2) is 4.63 Å². The van der Waals surface area contributed by atoms with E-state index >= 15 is 0 Å². The van der Waals surface area contributed by atoms with E-state index in [9.17, 15) is 4.79 Å². The second kappa shape index (κ2) is 4.61. The third kappa shape index (κ3) is 2.38. The number of aromatic nitrogens is 2. The van der Waals surface area contributed by atoms with Crippen LogP contribution in [-0.2, 0) is 0 Å². The van der Waals surface area contributed by atoms with Gasteiger partial charge < -0.3 is 10.4 Å². The molecule has 0 spiro atoms. The van der Waals surface area contributed by atoms with Gasteiger partial charge >= 0.3 is 0 Å². The van der Waals surface area contributed by atoms with E-state index in [2.05, 4.69) is 20.3 Å². The minimum Gasteiger partial charge on any atom is -0.396 e. The molecule has 2 N–H and O–H groups in total. The normalized spacial score (nSPS) is 17.1. The van der Waals surface area contributed by atoms with Crippen molar-refractivity contribution in [2.45, 2.75) is 32.2 Å². The first-order valence-corrected chi connectivity index (χ1v) is 5.43. The molecule has 1 fully saturated rings. The van der Waals surface area contributed by atoms with Crippen LogP contribution in [0.2, 0.25) is 0 Å². The SMILES string of the molecule is Cc1nonc1C(=O)NC(CCO)C1CC1. The van der Waals surface area contributed by atoms with Crippen LogP contribution in [0.25, 0.3) is 0 Å². The minimum absolute atomic E-state index is 0.0357. The molecule has 1 amide bonds. The molecule has 0 bridgehead atoms. The maximum absolute atomic E-state index is 11.8. The summed E-state index contributed by atoms with van der Waals surface area (Å²) in [5, 5.41) is 18.9. The molecule has 0 radical (unpaired) electrons. The predicted octanol–water partition coefficient (Wildman–Crippen LogP) is 0.269. The van der Waals surface area contributed by atoms with Gasteiger partial charge in [-0.3, -0.25) is 4.79 Å². The second-order valence-corrected chi connectivity index (χ2v) is 4.13. The molecule has 16 heavy (non-hydrogen) atoms. The lowest BCUT2D eigenvalue weighted by molar-refractivity contribution is 0.0914. The van der Waals surface area contributed by atoms with Gasteiger partial charge in [-0.1, -0.05) is 5.16 Å². The summed E-state index contributed by atoms with van der Waals surface area (Å²) in [5.41, 5.74) is 0.708. The smallest absolute Gasteiger partial charge is 0.275 e. The molecule has 0 aliphatic heterocycles. The number of carbonyl (C=O) groups is 1. The third-order valence-corrected chi connectivity index (χ3v) is 2.82. The van der Waals surface area contributed by atoms with Gasteiger partial charge in [-0.05, 0) is 37.3 Å². The van der Waals surface area contributed by atoms with Gasteiger partial charge in [0, 0.05) is 12.6 Å². The standard InChI is InChI=1S/C10H15N3O3/c1-6-9(13-16-12-6)10(15)11-8(4-5-14)7-2-3-7/h7-8,14H,2-5H2,1H3,(H,11,15). The summed E-state index contributed by atoms with van der Waals surface area (Å²) in [4.78, 5) is 11.8. The Morgan fingerprint density at radius 1 is 1.62 bits per heavy atom. The first-order valence-electron chi connectivity index (χ1n) is 5.43. The van der Waals surface area contributed by atoms with E-state index < -0.39 is 0 Å². The summed E-state index contributed by atoms with van der Waals surface area (Å²) < 4.78 is 4.47. The average molecular weight is 225 g/mol. The molecule has 0 saturated heterocycles. The topological polar surface area (TPSA) is 88.2 Å². The Balaban J connectivity index is 1.97. The van der Waals surface area contributed by atoms with Crippen molar-refractivity contribution >= 4 is 5.91 Å². The van der Waals surface area contributed by atoms with Crippen LogP contribution < -0.4 is 5.32 Å². The van der Waals surface area contributed by atoms with Crippen LogP contribution >= 0.6 is 0 Å². The zero-order valence-electron chi connectivity index (χ0n) is 9.14. The van der Waals surface area contributed by atoms with Gasteiger partial charge in [0.15, 0.2) is 5.69 Å². The number of carbonyl (C=O) groups excluding carboxylic acids is 1. The molecule has 1 aliphatic carbocycles. The Morgan fingerprint density at radius 2 is 2.38 bits per heavy atom. The fraction of sp³-hybridized carbons (Fsp3) is 0.700. The molecule has 1 saturated carbocycles. The number of aliphatic hydroxyl groups excluding tert-OH is 1. The van der Waals surface area contributed by atoms with Crippen LogP contribution in [0, 0.1) is 12.8 Å². The van der Waals surface area contributed by atoms with Crippen LogP contribution in [0.1, 0.15) is 35.4 Å². The van der Waals surface area contributed by atoms with Gasteiger partial charge in [0.05, 0.1) is 0 Å². The summed E-state index contributed by atoms with van der Waals surface area (Å²) in [6, 6.07) is 0.0357. The molecule has 6 nitrogen and oxygen atoms in total.